The minimum absolute atomic E-state index is 0.308. The Labute approximate surface area is 133 Å². The minimum Gasteiger partial charge on any atom is -0.316 e. The Morgan fingerprint density at radius 2 is 1.89 bits per heavy atom. The summed E-state index contributed by atoms with van der Waals surface area (Å²) in [4.78, 5) is 10.8. The molecule has 1 aromatic heterocycles. The van der Waals surface area contributed by atoms with Gasteiger partial charge in [-0.1, -0.05) is 50.6 Å². The van der Waals surface area contributed by atoms with Crippen LogP contribution >= 0.6 is 48.9 Å². The lowest BCUT2D eigenvalue weighted by Crippen LogP contribution is -2.20. The molecule has 0 aliphatic carbocycles. The number of hydrogen-bond acceptors (Lipinski definition) is 5. The number of anilines is 1. The summed E-state index contributed by atoms with van der Waals surface area (Å²) in [6.45, 7) is 2.18. The summed E-state index contributed by atoms with van der Waals surface area (Å²) in [5, 5.41) is 2.93. The average Bonchev–Trinajstić information content (AvgIpc) is 2.33. The molecule has 1 rings (SSSR count). The first-order valence-electron chi connectivity index (χ1n) is 6.07. The van der Waals surface area contributed by atoms with Crippen molar-refractivity contribution < 1.29 is 0 Å². The Morgan fingerprint density at radius 3 is 2.53 bits per heavy atom. The summed E-state index contributed by atoms with van der Waals surface area (Å²) in [5.74, 6) is 0.426. The van der Waals surface area contributed by atoms with Crippen molar-refractivity contribution in [1.82, 2.24) is 15.0 Å². The molecule has 3 N–H and O–H groups in total. The molecule has 8 heteroatoms. The van der Waals surface area contributed by atoms with Crippen LogP contribution in [0.5, 0.6) is 0 Å². The van der Waals surface area contributed by atoms with Gasteiger partial charge in [0.25, 0.3) is 0 Å². The molecular weight excluding hydrogens is 316 g/mol. The van der Waals surface area contributed by atoms with Crippen LogP contribution in [0.4, 0.5) is 5.95 Å². The number of aromatic nitrogens is 3. The van der Waals surface area contributed by atoms with Gasteiger partial charge in [-0.2, -0.15) is 4.98 Å². The Morgan fingerprint density at radius 1 is 1.16 bits per heavy atom. The van der Waals surface area contributed by atoms with Gasteiger partial charge in [0.2, 0.25) is 10.7 Å². The predicted octanol–water partition coefficient (Wildman–Crippen LogP) is 4.28. The van der Waals surface area contributed by atoms with E-state index < -0.39 is 0 Å². The first-order valence-corrected chi connectivity index (χ1v) is 7.71. The number of hydrogen-bond donors (Lipinski definition) is 3. The fraction of sp³-hybridized carbons (Fsp3) is 0.545. The van der Waals surface area contributed by atoms with Crippen LogP contribution in [0, 0.1) is 9.54 Å². The van der Waals surface area contributed by atoms with E-state index in [1.54, 1.807) is 0 Å². The molecule has 0 aliphatic heterocycles. The second-order valence-corrected chi connectivity index (χ2v) is 5.73. The minimum atomic E-state index is 0.308. The van der Waals surface area contributed by atoms with Gasteiger partial charge in [-0.25, -0.2) is 0 Å². The average molecular weight is 333 g/mol. The zero-order valence-corrected chi connectivity index (χ0v) is 13.9. The maximum absolute atomic E-state index is 5.29. The van der Waals surface area contributed by atoms with Crippen LogP contribution in [0.25, 0.3) is 0 Å². The molecule has 0 fully saturated rings. The highest BCUT2D eigenvalue weighted by Gasteiger charge is 2.06. The van der Waals surface area contributed by atoms with Gasteiger partial charge in [0, 0.05) is 4.86 Å². The molecule has 19 heavy (non-hydrogen) atoms. The van der Waals surface area contributed by atoms with Gasteiger partial charge in [0.05, 0.1) is 0 Å². The van der Waals surface area contributed by atoms with Crippen molar-refractivity contribution in [1.29, 1.82) is 0 Å². The van der Waals surface area contributed by atoms with E-state index in [9.17, 15) is 0 Å². The van der Waals surface area contributed by atoms with Gasteiger partial charge in [0.1, 0.15) is 4.99 Å². The molecule has 0 bridgehead atoms. The molecular formula is C11H16N4S4. The second-order valence-electron chi connectivity index (χ2n) is 4.03. The van der Waals surface area contributed by atoms with Gasteiger partial charge in [-0.3, -0.25) is 0 Å². The van der Waals surface area contributed by atoms with Crippen LogP contribution in [0.1, 0.15) is 39.0 Å². The van der Waals surface area contributed by atoms with Crippen molar-refractivity contribution >= 4 is 64.7 Å². The molecule has 0 atom stereocenters. The van der Waals surface area contributed by atoms with Gasteiger partial charge in [0.15, 0.2) is 4.77 Å². The smallest absolute Gasteiger partial charge is 0.210 e. The Balaban J connectivity index is 2.52. The summed E-state index contributed by atoms with van der Waals surface area (Å²) < 4.78 is 0.710. The molecule has 0 radical (unpaired) electrons. The highest BCUT2D eigenvalue weighted by atomic mass is 32.1. The third-order valence-electron chi connectivity index (χ3n) is 2.41. The standard InChI is InChI=1S/C11H16N4S4/c1-2-3-4-5-6-7(16)8(17)12-9-13-10(18)15-11(19)14-9/h2-6H2,1H3,(H3,12,13,14,15,17,18,19). The number of thiocarbonyl (C=S) groups is 2. The van der Waals surface area contributed by atoms with Crippen molar-refractivity contribution in [3.63, 3.8) is 0 Å². The summed E-state index contributed by atoms with van der Waals surface area (Å²) in [6, 6.07) is 0. The van der Waals surface area contributed by atoms with Crippen LogP contribution in [-0.4, -0.2) is 24.8 Å². The SMILES string of the molecule is CCCCCCC(=S)C(=S)Nc1nc(=S)[nH]c(=S)[nH]1. The molecule has 0 spiro atoms. The van der Waals surface area contributed by atoms with Crippen molar-refractivity contribution in [2.75, 3.05) is 5.32 Å². The lowest BCUT2D eigenvalue weighted by molar-refractivity contribution is 0.686. The zero-order chi connectivity index (χ0) is 14.3. The lowest BCUT2D eigenvalue weighted by atomic mass is 10.1. The molecule has 0 unspecified atom stereocenters. The van der Waals surface area contributed by atoms with Gasteiger partial charge >= 0.3 is 0 Å². The molecule has 0 aliphatic rings. The zero-order valence-electron chi connectivity index (χ0n) is 10.6. The fourth-order valence-electron chi connectivity index (χ4n) is 1.46. The van der Waals surface area contributed by atoms with Crippen LogP contribution < -0.4 is 5.32 Å². The number of H-pyrrole nitrogens is 2. The molecule has 0 saturated carbocycles. The van der Waals surface area contributed by atoms with Crippen molar-refractivity contribution in [3.05, 3.63) is 9.54 Å². The maximum Gasteiger partial charge on any atom is 0.210 e. The normalized spacial score (nSPS) is 10.2. The van der Waals surface area contributed by atoms with Crippen molar-refractivity contribution in [2.45, 2.75) is 39.0 Å². The summed E-state index contributed by atoms with van der Waals surface area (Å²) in [6.07, 6.45) is 5.49. The van der Waals surface area contributed by atoms with Gasteiger partial charge in [-0.15, -0.1) is 0 Å². The Kier molecular flexibility index (Phi) is 7.44. The fourth-order valence-corrected chi connectivity index (χ4v) is 2.30. The van der Waals surface area contributed by atoms with E-state index in [1.807, 2.05) is 0 Å². The van der Waals surface area contributed by atoms with E-state index in [1.165, 1.54) is 19.3 Å². The highest BCUT2D eigenvalue weighted by molar-refractivity contribution is 7.89. The maximum atomic E-state index is 5.29. The number of rotatable bonds is 7. The number of aromatic amines is 2. The molecule has 4 nitrogen and oxygen atoms in total. The van der Waals surface area contributed by atoms with Crippen LogP contribution in [-0.2, 0) is 0 Å². The first-order chi connectivity index (χ1) is 9.02. The molecule has 0 saturated heterocycles. The Bertz CT molecular complexity index is 532. The first kappa shape index (κ1) is 16.5. The molecule has 1 heterocycles. The van der Waals surface area contributed by atoms with Gasteiger partial charge in [-0.05, 0) is 37.3 Å². The van der Waals surface area contributed by atoms with E-state index >= 15 is 0 Å². The predicted molar refractivity (Wildman–Crippen MR) is 92.2 cm³/mol. The van der Waals surface area contributed by atoms with Gasteiger partial charge < -0.3 is 15.3 Å². The third kappa shape index (κ3) is 6.42. The summed E-state index contributed by atoms with van der Waals surface area (Å²) in [7, 11) is 0. The monoisotopic (exact) mass is 332 g/mol. The quantitative estimate of drug-likeness (QED) is 0.512. The van der Waals surface area contributed by atoms with E-state index in [4.69, 9.17) is 48.9 Å². The topological polar surface area (TPSA) is 56.5 Å². The second kappa shape index (κ2) is 8.57. The largest absolute Gasteiger partial charge is 0.316 e. The van der Waals surface area contributed by atoms with Crippen LogP contribution in [0.3, 0.4) is 0 Å². The number of nitrogens with zero attached hydrogens (tertiary/aromatic N) is 1. The van der Waals surface area contributed by atoms with Crippen LogP contribution in [0.2, 0.25) is 0 Å². The van der Waals surface area contributed by atoms with E-state index in [-0.39, 0.29) is 0 Å². The Hall–Kier alpha value is -0.570. The summed E-state index contributed by atoms with van der Waals surface area (Å²) >= 11 is 20.4. The lowest BCUT2D eigenvalue weighted by Gasteiger charge is -2.08. The van der Waals surface area contributed by atoms with Crippen molar-refractivity contribution in [3.8, 4) is 0 Å². The summed E-state index contributed by atoms with van der Waals surface area (Å²) in [5.41, 5.74) is 0. The van der Waals surface area contributed by atoms with E-state index in [0.717, 1.165) is 17.7 Å². The number of nitrogens with one attached hydrogen (secondary N) is 3. The van der Waals surface area contributed by atoms with E-state index in [2.05, 4.69) is 27.2 Å². The molecule has 0 amide bonds. The van der Waals surface area contributed by atoms with Crippen molar-refractivity contribution in [2.24, 2.45) is 0 Å². The third-order valence-corrected chi connectivity index (χ3v) is 3.69. The highest BCUT2D eigenvalue weighted by Crippen LogP contribution is 2.06. The number of unbranched alkanes of at least 4 members (excludes halogenated alkanes) is 3. The molecule has 1 aromatic rings. The van der Waals surface area contributed by atoms with Crippen LogP contribution in [0.15, 0.2) is 0 Å². The molecule has 0 aromatic carbocycles. The molecule has 104 valence electrons. The van der Waals surface area contributed by atoms with E-state index in [0.29, 0.717) is 20.5 Å².